The van der Waals surface area contributed by atoms with Crippen molar-refractivity contribution in [2.75, 3.05) is 0 Å². The first kappa shape index (κ1) is 20.1. The minimum absolute atomic E-state index is 0.161. The number of para-hydroxylation sites is 2. The van der Waals surface area contributed by atoms with E-state index in [0.29, 0.717) is 0 Å². The molecule has 2 heteroatoms. The molecular formula is C33H26N2. The summed E-state index contributed by atoms with van der Waals surface area (Å²) >= 11 is 0. The summed E-state index contributed by atoms with van der Waals surface area (Å²) in [7, 11) is 4.31. The summed E-state index contributed by atoms with van der Waals surface area (Å²) in [6, 6.07) is 37.5. The topological polar surface area (TPSA) is 9.86 Å². The molecule has 1 unspecified atom stereocenters. The summed E-state index contributed by atoms with van der Waals surface area (Å²) in [5.74, 6) is 0.161. The van der Waals surface area contributed by atoms with Gasteiger partial charge in [-0.15, -0.1) is 0 Å². The zero-order valence-electron chi connectivity index (χ0n) is 19.9. The molecule has 0 saturated carbocycles. The molecule has 0 bridgehead atoms. The minimum Gasteiger partial charge on any atom is -0.350 e. The molecule has 168 valence electrons. The van der Waals surface area contributed by atoms with Gasteiger partial charge >= 0.3 is 0 Å². The Kier molecular flexibility index (Phi) is 4.37. The smallest absolute Gasteiger partial charge is 0.0484 e. The first-order chi connectivity index (χ1) is 17.2. The predicted molar refractivity (Wildman–Crippen MR) is 146 cm³/mol. The molecule has 0 amide bonds. The third-order valence-electron chi connectivity index (χ3n) is 7.59. The molecule has 2 aromatic heterocycles. The molecule has 0 spiro atoms. The Labute approximate surface area is 205 Å². The van der Waals surface area contributed by atoms with E-state index in [1.807, 2.05) is 0 Å². The lowest BCUT2D eigenvalue weighted by molar-refractivity contribution is 0.948. The normalized spacial score (nSPS) is 15.3. The number of aryl methyl sites for hydroxylation is 2. The Hall–Kier alpha value is -4.30. The van der Waals surface area contributed by atoms with Crippen molar-refractivity contribution in [3.8, 4) is 0 Å². The Morgan fingerprint density at radius 3 is 1.91 bits per heavy atom. The van der Waals surface area contributed by atoms with Gasteiger partial charge in [0.15, 0.2) is 0 Å². The van der Waals surface area contributed by atoms with Crippen LogP contribution in [0.3, 0.4) is 0 Å². The highest BCUT2D eigenvalue weighted by Crippen LogP contribution is 2.54. The quantitative estimate of drug-likeness (QED) is 0.261. The second kappa shape index (κ2) is 7.61. The zero-order chi connectivity index (χ0) is 23.5. The van der Waals surface area contributed by atoms with Crippen LogP contribution in [0.2, 0.25) is 0 Å². The van der Waals surface area contributed by atoms with E-state index < -0.39 is 0 Å². The van der Waals surface area contributed by atoms with E-state index >= 15 is 0 Å². The summed E-state index contributed by atoms with van der Waals surface area (Å²) in [5.41, 5.74) is 11.9. The van der Waals surface area contributed by atoms with Crippen molar-refractivity contribution >= 4 is 33.0 Å². The fraction of sp³-hybridized carbons (Fsp3) is 0.0909. The molecule has 0 saturated heterocycles. The van der Waals surface area contributed by atoms with Crippen molar-refractivity contribution in [1.29, 1.82) is 0 Å². The molecule has 0 fully saturated rings. The highest BCUT2D eigenvalue weighted by atomic mass is 14.9. The van der Waals surface area contributed by atoms with Crippen LogP contribution in [0, 0.1) is 0 Å². The van der Waals surface area contributed by atoms with Crippen molar-refractivity contribution in [2.45, 2.75) is 5.92 Å². The van der Waals surface area contributed by atoms with E-state index in [2.05, 4.69) is 139 Å². The molecule has 4 aromatic carbocycles. The highest BCUT2D eigenvalue weighted by molar-refractivity contribution is 6.12. The minimum atomic E-state index is 0.161. The highest BCUT2D eigenvalue weighted by Gasteiger charge is 2.36. The van der Waals surface area contributed by atoms with Crippen LogP contribution in [0.5, 0.6) is 0 Å². The van der Waals surface area contributed by atoms with Crippen LogP contribution in [-0.2, 0) is 14.1 Å². The van der Waals surface area contributed by atoms with E-state index in [4.69, 9.17) is 0 Å². The van der Waals surface area contributed by atoms with Crippen LogP contribution < -0.4 is 0 Å². The summed E-state index contributed by atoms with van der Waals surface area (Å²) in [4.78, 5) is 0. The molecule has 35 heavy (non-hydrogen) atoms. The lowest BCUT2D eigenvalue weighted by Crippen LogP contribution is -2.01. The average molecular weight is 451 g/mol. The van der Waals surface area contributed by atoms with E-state index in [9.17, 15) is 0 Å². The number of hydrogen-bond acceptors (Lipinski definition) is 0. The Morgan fingerprint density at radius 2 is 1.11 bits per heavy atom. The van der Waals surface area contributed by atoms with Crippen LogP contribution >= 0.6 is 0 Å². The molecule has 1 atom stereocenters. The van der Waals surface area contributed by atoms with Gasteiger partial charge in [0.05, 0.1) is 0 Å². The molecule has 7 rings (SSSR count). The number of rotatable bonds is 3. The Bertz CT molecular complexity index is 1760. The monoisotopic (exact) mass is 450 g/mol. The van der Waals surface area contributed by atoms with Gasteiger partial charge in [-0.05, 0) is 45.5 Å². The molecule has 0 aliphatic heterocycles. The van der Waals surface area contributed by atoms with Gasteiger partial charge in [0.2, 0.25) is 0 Å². The zero-order valence-corrected chi connectivity index (χ0v) is 19.9. The fourth-order valence-electron chi connectivity index (χ4n) is 6.11. The van der Waals surface area contributed by atoms with Gasteiger partial charge in [-0.25, -0.2) is 0 Å². The molecule has 1 aliphatic carbocycles. The third kappa shape index (κ3) is 2.90. The molecular weight excluding hydrogens is 424 g/mol. The van der Waals surface area contributed by atoms with Crippen LogP contribution in [0.4, 0.5) is 0 Å². The van der Waals surface area contributed by atoms with Crippen molar-refractivity contribution in [3.05, 3.63) is 143 Å². The predicted octanol–water partition coefficient (Wildman–Crippen LogP) is 7.77. The molecule has 2 heterocycles. The van der Waals surface area contributed by atoms with Crippen LogP contribution in [0.1, 0.15) is 33.7 Å². The van der Waals surface area contributed by atoms with Crippen LogP contribution in [0.25, 0.3) is 33.0 Å². The Morgan fingerprint density at radius 1 is 0.514 bits per heavy atom. The van der Waals surface area contributed by atoms with Gasteiger partial charge < -0.3 is 9.13 Å². The summed E-state index contributed by atoms with van der Waals surface area (Å²) in [5, 5.41) is 2.62. The van der Waals surface area contributed by atoms with E-state index in [1.165, 1.54) is 60.8 Å². The standard InChI is InChI=1S/C33H26N2/c1-34-20-27(23-14-8-10-18-29(23)34)32-25-16-6-7-17-26(25)33(31(32)22-12-4-3-5-13-22)28-21-35(2)30-19-11-9-15-24(28)30/h3-21,32H,1-2H3. The fourth-order valence-corrected chi connectivity index (χ4v) is 6.11. The van der Waals surface area contributed by atoms with Crippen molar-refractivity contribution < 1.29 is 0 Å². The average Bonchev–Trinajstić information content (AvgIpc) is 3.54. The molecule has 2 nitrogen and oxygen atoms in total. The van der Waals surface area contributed by atoms with Crippen molar-refractivity contribution in [2.24, 2.45) is 14.1 Å². The van der Waals surface area contributed by atoms with Crippen LogP contribution in [-0.4, -0.2) is 9.13 Å². The van der Waals surface area contributed by atoms with Gasteiger partial charge in [0.1, 0.15) is 0 Å². The molecule has 6 aromatic rings. The second-order valence-corrected chi connectivity index (χ2v) is 9.56. The first-order valence-corrected chi connectivity index (χ1v) is 12.2. The largest absolute Gasteiger partial charge is 0.350 e. The van der Waals surface area contributed by atoms with Crippen molar-refractivity contribution in [3.63, 3.8) is 0 Å². The number of nitrogens with zero attached hydrogens (tertiary/aromatic N) is 2. The maximum Gasteiger partial charge on any atom is 0.0484 e. The SMILES string of the molecule is Cn1cc(C2=C(c3ccccc3)C(c3cn(C)c4ccccc34)c3ccccc32)c2ccccc21. The van der Waals surface area contributed by atoms with Gasteiger partial charge in [0.25, 0.3) is 0 Å². The van der Waals surface area contributed by atoms with Crippen molar-refractivity contribution in [1.82, 2.24) is 9.13 Å². The van der Waals surface area contributed by atoms with E-state index in [1.54, 1.807) is 0 Å². The van der Waals surface area contributed by atoms with Gasteiger partial charge in [-0.2, -0.15) is 0 Å². The number of benzene rings is 4. The summed E-state index contributed by atoms with van der Waals surface area (Å²) in [6.45, 7) is 0. The van der Waals surface area contributed by atoms with E-state index in [-0.39, 0.29) is 5.92 Å². The number of fused-ring (bicyclic) bond motifs is 3. The molecule has 0 radical (unpaired) electrons. The maximum atomic E-state index is 2.33. The maximum absolute atomic E-state index is 2.33. The number of allylic oxidation sites excluding steroid dienone is 1. The molecule has 1 aliphatic rings. The first-order valence-electron chi connectivity index (χ1n) is 12.2. The number of hydrogen-bond donors (Lipinski definition) is 0. The Balaban J connectivity index is 1.63. The lowest BCUT2D eigenvalue weighted by atomic mass is 9.84. The van der Waals surface area contributed by atoms with Gasteiger partial charge in [-0.1, -0.05) is 91.0 Å². The van der Waals surface area contributed by atoms with Crippen LogP contribution in [0.15, 0.2) is 116 Å². The third-order valence-corrected chi connectivity index (χ3v) is 7.59. The summed E-state index contributed by atoms with van der Waals surface area (Å²) in [6.07, 6.45) is 4.65. The second-order valence-electron chi connectivity index (χ2n) is 9.56. The summed E-state index contributed by atoms with van der Waals surface area (Å²) < 4.78 is 4.53. The van der Waals surface area contributed by atoms with Gasteiger partial charge in [0, 0.05) is 59.8 Å². The van der Waals surface area contributed by atoms with Gasteiger partial charge in [-0.3, -0.25) is 0 Å². The molecule has 0 N–H and O–H groups in total. The van der Waals surface area contributed by atoms with E-state index in [0.717, 1.165) is 0 Å². The lowest BCUT2D eigenvalue weighted by Gasteiger charge is -2.18. The number of aromatic nitrogens is 2.